The summed E-state index contributed by atoms with van der Waals surface area (Å²) in [7, 11) is -9.33. The summed E-state index contributed by atoms with van der Waals surface area (Å²) in [4.78, 5) is 0. The molecule has 5 N–H and O–H groups in total. The van der Waals surface area contributed by atoms with E-state index >= 15 is 0 Å². The molecule has 1 aliphatic rings. The van der Waals surface area contributed by atoms with E-state index in [0.717, 1.165) is 0 Å². The van der Waals surface area contributed by atoms with Crippen molar-refractivity contribution in [3.63, 3.8) is 0 Å². The predicted molar refractivity (Wildman–Crippen MR) is 57.7 cm³/mol. The Morgan fingerprint density at radius 1 is 1.16 bits per heavy atom. The van der Waals surface area contributed by atoms with Crippen LogP contribution < -0.4 is 4.72 Å². The van der Waals surface area contributed by atoms with Crippen molar-refractivity contribution in [2.45, 2.75) is 24.4 Å². The largest absolute Gasteiger partial charge is 0.397 e. The Morgan fingerprint density at radius 3 is 2.21 bits per heavy atom. The van der Waals surface area contributed by atoms with Gasteiger partial charge in [0.2, 0.25) is 0 Å². The zero-order valence-electron chi connectivity index (χ0n) is 9.28. The standard InChI is InChI=1S/C6H13NO10S2/c8-5-3(7-18(10,11)12)1-16-4(6(5)9)2-17-19(13,14)15/h3-9H,1-2H2,(H,10,11,12)(H,13,14,15)/t3-,4+,5+,6+/m0/s1. The van der Waals surface area contributed by atoms with Crippen LogP contribution in [0.4, 0.5) is 0 Å². The van der Waals surface area contributed by atoms with Crippen molar-refractivity contribution >= 4 is 20.7 Å². The lowest BCUT2D eigenvalue weighted by Gasteiger charge is -2.36. The molecule has 19 heavy (non-hydrogen) atoms. The quantitative estimate of drug-likeness (QED) is 0.321. The molecule has 0 aromatic heterocycles. The molecule has 0 amide bonds. The van der Waals surface area contributed by atoms with Gasteiger partial charge in [0.1, 0.15) is 18.3 Å². The number of hydrogen-bond acceptors (Lipinski definition) is 8. The topological polar surface area (TPSA) is 180 Å². The molecule has 1 saturated heterocycles. The van der Waals surface area contributed by atoms with E-state index in [0.29, 0.717) is 0 Å². The lowest BCUT2D eigenvalue weighted by molar-refractivity contribution is -0.156. The molecule has 1 rings (SSSR count). The zero-order valence-corrected chi connectivity index (χ0v) is 10.9. The van der Waals surface area contributed by atoms with Gasteiger partial charge >= 0.3 is 20.7 Å². The summed E-state index contributed by atoms with van der Waals surface area (Å²) in [5, 5.41) is 19.1. The fourth-order valence-electron chi connectivity index (χ4n) is 1.48. The van der Waals surface area contributed by atoms with Crippen LogP contribution in [0.3, 0.4) is 0 Å². The van der Waals surface area contributed by atoms with Gasteiger partial charge in [-0.25, -0.2) is 4.18 Å². The van der Waals surface area contributed by atoms with Crippen LogP contribution in [0.1, 0.15) is 0 Å². The van der Waals surface area contributed by atoms with E-state index in [1.54, 1.807) is 4.72 Å². The Bertz CT molecular complexity index is 498. The summed E-state index contributed by atoms with van der Waals surface area (Å²) in [6.07, 6.45) is -4.64. The Labute approximate surface area is 109 Å². The predicted octanol–water partition coefficient (Wildman–Crippen LogP) is -3.31. The Balaban J connectivity index is 2.62. The van der Waals surface area contributed by atoms with E-state index in [1.165, 1.54) is 0 Å². The second-order valence-corrected chi connectivity index (χ2v) is 6.04. The number of aliphatic hydroxyl groups excluding tert-OH is 2. The van der Waals surface area contributed by atoms with Crippen molar-refractivity contribution in [2.24, 2.45) is 0 Å². The first kappa shape index (κ1) is 16.7. The average molecular weight is 323 g/mol. The first-order valence-electron chi connectivity index (χ1n) is 4.84. The Hall–Kier alpha value is -0.380. The maximum absolute atomic E-state index is 10.5. The highest BCUT2D eigenvalue weighted by atomic mass is 32.3. The van der Waals surface area contributed by atoms with Gasteiger partial charge < -0.3 is 14.9 Å². The van der Waals surface area contributed by atoms with Gasteiger partial charge in [0.05, 0.1) is 19.3 Å². The highest BCUT2D eigenvalue weighted by molar-refractivity contribution is 7.83. The third kappa shape index (κ3) is 5.64. The molecular weight excluding hydrogens is 310 g/mol. The van der Waals surface area contributed by atoms with Crippen LogP contribution in [0, 0.1) is 0 Å². The smallest absolute Gasteiger partial charge is 0.389 e. The Kier molecular flexibility index (Phi) is 5.21. The van der Waals surface area contributed by atoms with E-state index in [2.05, 4.69) is 4.18 Å². The van der Waals surface area contributed by atoms with Crippen LogP contribution in [-0.2, 0) is 29.6 Å². The van der Waals surface area contributed by atoms with Gasteiger partial charge in [-0.1, -0.05) is 0 Å². The van der Waals surface area contributed by atoms with Crippen molar-refractivity contribution in [1.82, 2.24) is 4.72 Å². The Morgan fingerprint density at radius 2 is 1.74 bits per heavy atom. The van der Waals surface area contributed by atoms with Crippen molar-refractivity contribution in [1.29, 1.82) is 0 Å². The first-order chi connectivity index (χ1) is 8.49. The fraction of sp³-hybridized carbons (Fsp3) is 1.00. The molecule has 0 saturated carbocycles. The average Bonchev–Trinajstić information content (AvgIpc) is 2.21. The molecule has 4 atom stereocenters. The summed E-state index contributed by atoms with van der Waals surface area (Å²) >= 11 is 0. The van der Waals surface area contributed by atoms with Gasteiger partial charge in [-0.05, 0) is 0 Å². The van der Waals surface area contributed by atoms with E-state index in [9.17, 15) is 27.0 Å². The van der Waals surface area contributed by atoms with Crippen molar-refractivity contribution in [3.8, 4) is 0 Å². The van der Waals surface area contributed by atoms with Crippen molar-refractivity contribution in [2.75, 3.05) is 13.2 Å². The monoisotopic (exact) mass is 323 g/mol. The van der Waals surface area contributed by atoms with Gasteiger partial charge in [-0.15, -0.1) is 0 Å². The first-order valence-corrected chi connectivity index (χ1v) is 7.64. The minimum atomic E-state index is -4.73. The highest BCUT2D eigenvalue weighted by Crippen LogP contribution is 2.17. The SMILES string of the molecule is O=S(=O)(O)N[C@H]1CO[C@H](COS(=O)(=O)O)[C@@H](O)[C@@H]1O. The summed E-state index contributed by atoms with van der Waals surface area (Å²) < 4.78 is 69.1. The van der Waals surface area contributed by atoms with Gasteiger partial charge in [0.15, 0.2) is 0 Å². The third-order valence-corrected chi connectivity index (χ3v) is 3.35. The maximum Gasteiger partial charge on any atom is 0.397 e. The van der Waals surface area contributed by atoms with Crippen LogP contribution in [0.25, 0.3) is 0 Å². The lowest BCUT2D eigenvalue weighted by Crippen LogP contribution is -2.60. The lowest BCUT2D eigenvalue weighted by atomic mass is 9.99. The van der Waals surface area contributed by atoms with Crippen LogP contribution in [0.2, 0.25) is 0 Å². The minimum absolute atomic E-state index is 0.447. The van der Waals surface area contributed by atoms with E-state index in [4.69, 9.17) is 13.8 Å². The highest BCUT2D eigenvalue weighted by Gasteiger charge is 2.40. The second kappa shape index (κ2) is 5.94. The molecule has 0 aromatic rings. The molecule has 0 aliphatic carbocycles. The van der Waals surface area contributed by atoms with E-state index in [-0.39, 0.29) is 0 Å². The molecule has 1 fully saturated rings. The molecule has 0 spiro atoms. The van der Waals surface area contributed by atoms with Crippen LogP contribution in [-0.4, -0.2) is 73.7 Å². The van der Waals surface area contributed by atoms with E-state index in [1.807, 2.05) is 0 Å². The summed E-state index contributed by atoms with van der Waals surface area (Å²) in [6.45, 7) is -1.22. The third-order valence-electron chi connectivity index (χ3n) is 2.31. The van der Waals surface area contributed by atoms with Crippen LogP contribution >= 0.6 is 0 Å². The maximum atomic E-state index is 10.5. The summed E-state index contributed by atoms with van der Waals surface area (Å²) in [6, 6.07) is -1.31. The zero-order chi connectivity index (χ0) is 14.8. The molecule has 13 heteroatoms. The van der Waals surface area contributed by atoms with Gasteiger partial charge in [-0.2, -0.15) is 21.6 Å². The fourth-order valence-corrected chi connectivity index (χ4v) is 2.37. The molecule has 11 nitrogen and oxygen atoms in total. The number of hydrogen-bond donors (Lipinski definition) is 5. The van der Waals surface area contributed by atoms with Crippen molar-refractivity contribution in [3.05, 3.63) is 0 Å². The normalized spacial score (nSPS) is 33.3. The minimum Gasteiger partial charge on any atom is -0.389 e. The van der Waals surface area contributed by atoms with Crippen molar-refractivity contribution < 1.29 is 45.1 Å². The van der Waals surface area contributed by atoms with E-state index < -0.39 is 58.3 Å². The number of ether oxygens (including phenoxy) is 1. The second-order valence-electron chi connectivity index (χ2n) is 3.76. The van der Waals surface area contributed by atoms with Gasteiger partial charge in [0.25, 0.3) is 0 Å². The number of nitrogens with one attached hydrogen (secondary N) is 1. The van der Waals surface area contributed by atoms with Crippen LogP contribution in [0.15, 0.2) is 0 Å². The number of aliphatic hydroxyl groups is 2. The molecule has 1 heterocycles. The molecule has 0 aromatic carbocycles. The molecule has 0 radical (unpaired) electrons. The van der Waals surface area contributed by atoms with Gasteiger partial charge in [0, 0.05) is 0 Å². The number of rotatable bonds is 5. The molecule has 0 unspecified atom stereocenters. The van der Waals surface area contributed by atoms with Crippen LogP contribution in [0.5, 0.6) is 0 Å². The molecular formula is C6H13NO10S2. The molecule has 114 valence electrons. The summed E-state index contributed by atoms with van der Waals surface area (Å²) in [5.41, 5.74) is 0. The van der Waals surface area contributed by atoms with Gasteiger partial charge in [-0.3, -0.25) is 9.11 Å². The molecule has 0 bridgehead atoms. The summed E-state index contributed by atoms with van der Waals surface area (Å²) in [5.74, 6) is 0. The molecule has 1 aliphatic heterocycles.